The molecular weight excluding hydrogens is 320 g/mol. The topological polar surface area (TPSA) is 95.5 Å². The molecule has 2 amide bonds. The van der Waals surface area contributed by atoms with Crippen molar-refractivity contribution >= 4 is 17.8 Å². The molecule has 0 saturated carbocycles. The van der Waals surface area contributed by atoms with Gasteiger partial charge in [-0.2, -0.15) is 0 Å². The van der Waals surface area contributed by atoms with Crippen molar-refractivity contribution in [3.63, 3.8) is 0 Å². The number of carbonyl (C=O) groups excluding carboxylic acids is 2. The van der Waals surface area contributed by atoms with Gasteiger partial charge in [-0.05, 0) is 37.8 Å². The molecule has 0 fully saturated rings. The smallest absolute Gasteiger partial charge is 0.326 e. The Morgan fingerprint density at radius 3 is 2.44 bits per heavy atom. The third-order valence-electron chi connectivity index (χ3n) is 3.79. The number of nitrogens with one attached hydrogen (secondary N) is 2. The first-order valence-electron chi connectivity index (χ1n) is 8.27. The molecule has 0 saturated heterocycles. The third-order valence-corrected chi connectivity index (χ3v) is 3.79. The predicted octanol–water partition coefficient (Wildman–Crippen LogP) is 2.29. The zero-order valence-electron chi connectivity index (χ0n) is 14.9. The molecule has 0 spiro atoms. The minimum atomic E-state index is -1.11. The van der Waals surface area contributed by atoms with E-state index in [0.29, 0.717) is 12.0 Å². The molecule has 25 heavy (non-hydrogen) atoms. The van der Waals surface area contributed by atoms with Gasteiger partial charge in [0, 0.05) is 5.56 Å². The van der Waals surface area contributed by atoms with Crippen LogP contribution in [0.25, 0.3) is 0 Å². The molecule has 6 nitrogen and oxygen atoms in total. The molecule has 0 aliphatic carbocycles. The van der Waals surface area contributed by atoms with Crippen molar-refractivity contribution in [2.75, 3.05) is 0 Å². The van der Waals surface area contributed by atoms with Crippen LogP contribution in [-0.4, -0.2) is 35.0 Å². The van der Waals surface area contributed by atoms with Crippen molar-refractivity contribution in [1.29, 1.82) is 0 Å². The summed E-state index contributed by atoms with van der Waals surface area (Å²) in [6.45, 7) is 9.01. The first-order valence-corrected chi connectivity index (χ1v) is 8.27. The molecule has 2 atom stereocenters. The second-order valence-corrected chi connectivity index (χ2v) is 6.33. The van der Waals surface area contributed by atoms with E-state index in [1.165, 1.54) is 0 Å². The Hall–Kier alpha value is -2.63. The number of hydrogen-bond acceptors (Lipinski definition) is 3. The fourth-order valence-electron chi connectivity index (χ4n) is 2.35. The fourth-order valence-corrected chi connectivity index (χ4v) is 2.35. The lowest BCUT2D eigenvalue weighted by Crippen LogP contribution is -2.53. The van der Waals surface area contributed by atoms with E-state index in [1.54, 1.807) is 38.1 Å². The number of rotatable bonds is 9. The van der Waals surface area contributed by atoms with E-state index in [9.17, 15) is 19.5 Å². The highest BCUT2D eigenvalue weighted by molar-refractivity contribution is 5.98. The van der Waals surface area contributed by atoms with Gasteiger partial charge in [0.2, 0.25) is 5.91 Å². The van der Waals surface area contributed by atoms with Gasteiger partial charge in [-0.1, -0.05) is 37.6 Å². The second-order valence-electron chi connectivity index (χ2n) is 6.33. The molecule has 0 heterocycles. The van der Waals surface area contributed by atoms with E-state index >= 15 is 0 Å². The summed E-state index contributed by atoms with van der Waals surface area (Å²) in [4.78, 5) is 36.1. The van der Waals surface area contributed by atoms with E-state index in [-0.39, 0.29) is 18.2 Å². The van der Waals surface area contributed by atoms with Crippen molar-refractivity contribution < 1.29 is 19.5 Å². The number of allylic oxidation sites excluding steroid dienone is 1. The van der Waals surface area contributed by atoms with E-state index in [2.05, 4.69) is 17.2 Å². The fraction of sp³-hybridized carbons (Fsp3) is 0.421. The van der Waals surface area contributed by atoms with Gasteiger partial charge in [-0.15, -0.1) is 6.58 Å². The number of carbonyl (C=O) groups is 3. The molecular formula is C19H26N2O4. The van der Waals surface area contributed by atoms with Gasteiger partial charge in [0.25, 0.3) is 5.91 Å². The van der Waals surface area contributed by atoms with Gasteiger partial charge in [-0.3, -0.25) is 9.59 Å². The van der Waals surface area contributed by atoms with Crippen LogP contribution in [0.2, 0.25) is 0 Å². The number of hydrogen-bond donors (Lipinski definition) is 3. The maximum Gasteiger partial charge on any atom is 0.326 e. The lowest BCUT2D eigenvalue weighted by Gasteiger charge is -2.24. The normalized spacial score (nSPS) is 13.0. The second kappa shape index (κ2) is 9.61. The van der Waals surface area contributed by atoms with Gasteiger partial charge >= 0.3 is 5.97 Å². The molecule has 0 aliphatic rings. The van der Waals surface area contributed by atoms with Gasteiger partial charge < -0.3 is 15.7 Å². The number of aliphatic carboxylic acids is 1. The van der Waals surface area contributed by atoms with Gasteiger partial charge in [-0.25, -0.2) is 4.79 Å². The Kier molecular flexibility index (Phi) is 7.85. The standard InChI is InChI=1S/C19H26N2O4/c1-5-6-10-15(19(24)25)20-18(23)16(12(2)3)21-17(22)14-9-7-8-13(4)11-14/h5,7-9,11-12,15-16H,1,6,10H2,2-4H3,(H,20,23)(H,21,22)(H,24,25). The summed E-state index contributed by atoms with van der Waals surface area (Å²) in [5, 5.41) is 14.4. The van der Waals surface area contributed by atoms with Crippen LogP contribution >= 0.6 is 0 Å². The summed E-state index contributed by atoms with van der Waals surface area (Å²) in [7, 11) is 0. The van der Waals surface area contributed by atoms with Crippen LogP contribution < -0.4 is 10.6 Å². The Bertz CT molecular complexity index is 640. The zero-order chi connectivity index (χ0) is 19.0. The minimum Gasteiger partial charge on any atom is -0.480 e. The van der Waals surface area contributed by atoms with Crippen molar-refractivity contribution in [3.05, 3.63) is 48.0 Å². The number of carboxylic acids is 1. The van der Waals surface area contributed by atoms with Crippen LogP contribution in [0.1, 0.15) is 42.6 Å². The van der Waals surface area contributed by atoms with Crippen LogP contribution in [0.3, 0.4) is 0 Å². The van der Waals surface area contributed by atoms with E-state index < -0.39 is 24.0 Å². The molecule has 0 radical (unpaired) electrons. The molecule has 136 valence electrons. The van der Waals surface area contributed by atoms with Crippen LogP contribution in [-0.2, 0) is 9.59 Å². The summed E-state index contributed by atoms with van der Waals surface area (Å²) < 4.78 is 0. The van der Waals surface area contributed by atoms with Crippen LogP contribution in [0.15, 0.2) is 36.9 Å². The quantitative estimate of drug-likeness (QED) is 0.598. The average Bonchev–Trinajstić information content (AvgIpc) is 2.55. The lowest BCUT2D eigenvalue weighted by molar-refractivity contribution is -0.142. The number of amides is 2. The van der Waals surface area contributed by atoms with E-state index in [1.807, 2.05) is 13.0 Å². The van der Waals surface area contributed by atoms with Gasteiger partial charge in [0.15, 0.2) is 0 Å². The number of aryl methyl sites for hydroxylation is 1. The highest BCUT2D eigenvalue weighted by Gasteiger charge is 2.28. The van der Waals surface area contributed by atoms with Crippen LogP contribution in [0.4, 0.5) is 0 Å². The van der Waals surface area contributed by atoms with Crippen molar-refractivity contribution in [2.45, 2.75) is 45.7 Å². The largest absolute Gasteiger partial charge is 0.480 e. The minimum absolute atomic E-state index is 0.192. The summed E-state index contributed by atoms with van der Waals surface area (Å²) in [5.41, 5.74) is 1.40. The molecule has 1 aromatic carbocycles. The zero-order valence-corrected chi connectivity index (χ0v) is 14.9. The molecule has 0 aliphatic heterocycles. The highest BCUT2D eigenvalue weighted by atomic mass is 16.4. The predicted molar refractivity (Wildman–Crippen MR) is 96.3 cm³/mol. The lowest BCUT2D eigenvalue weighted by atomic mass is 10.0. The summed E-state index contributed by atoms with van der Waals surface area (Å²) in [5.74, 6) is -2.17. The Labute approximate surface area is 148 Å². The Morgan fingerprint density at radius 2 is 1.92 bits per heavy atom. The Morgan fingerprint density at radius 1 is 1.24 bits per heavy atom. The first kappa shape index (κ1) is 20.4. The summed E-state index contributed by atoms with van der Waals surface area (Å²) in [6.07, 6.45) is 2.32. The molecule has 0 aromatic heterocycles. The average molecular weight is 346 g/mol. The number of benzene rings is 1. The number of carboxylic acid groups (broad SMARTS) is 1. The molecule has 2 unspecified atom stereocenters. The van der Waals surface area contributed by atoms with Crippen molar-refractivity contribution in [3.8, 4) is 0 Å². The maximum atomic E-state index is 12.5. The van der Waals surface area contributed by atoms with E-state index in [0.717, 1.165) is 5.56 Å². The molecule has 3 N–H and O–H groups in total. The maximum absolute atomic E-state index is 12.5. The summed E-state index contributed by atoms with van der Waals surface area (Å²) in [6, 6.07) is 5.21. The third kappa shape index (κ3) is 6.41. The first-order chi connectivity index (χ1) is 11.8. The van der Waals surface area contributed by atoms with Crippen molar-refractivity contribution in [1.82, 2.24) is 10.6 Å². The van der Waals surface area contributed by atoms with Crippen LogP contribution in [0, 0.1) is 12.8 Å². The van der Waals surface area contributed by atoms with E-state index in [4.69, 9.17) is 0 Å². The monoisotopic (exact) mass is 346 g/mol. The van der Waals surface area contributed by atoms with Crippen LogP contribution in [0.5, 0.6) is 0 Å². The SMILES string of the molecule is C=CCCC(NC(=O)C(NC(=O)c1cccc(C)c1)C(C)C)C(=O)O. The summed E-state index contributed by atoms with van der Waals surface area (Å²) >= 11 is 0. The highest BCUT2D eigenvalue weighted by Crippen LogP contribution is 2.08. The molecule has 6 heteroatoms. The molecule has 1 aromatic rings. The van der Waals surface area contributed by atoms with Crippen molar-refractivity contribution in [2.24, 2.45) is 5.92 Å². The molecule has 1 rings (SSSR count). The Balaban J connectivity index is 2.84. The molecule has 0 bridgehead atoms. The van der Waals surface area contributed by atoms with Gasteiger partial charge in [0.05, 0.1) is 0 Å². The van der Waals surface area contributed by atoms with Gasteiger partial charge in [0.1, 0.15) is 12.1 Å².